The zero-order valence-electron chi connectivity index (χ0n) is 12.3. The van der Waals surface area contributed by atoms with E-state index in [1.165, 1.54) is 25.3 Å². The van der Waals surface area contributed by atoms with E-state index in [1.54, 1.807) is 0 Å². The highest BCUT2D eigenvalue weighted by molar-refractivity contribution is 5.87. The summed E-state index contributed by atoms with van der Waals surface area (Å²) in [7, 11) is 4.01. The molecule has 0 spiro atoms. The lowest BCUT2D eigenvalue weighted by atomic mass is 9.98. The molecule has 108 valence electrons. The highest BCUT2D eigenvalue weighted by Gasteiger charge is 2.16. The minimum Gasteiger partial charge on any atom is -0.459 e. The van der Waals surface area contributed by atoms with E-state index < -0.39 is 0 Å². The summed E-state index contributed by atoms with van der Waals surface area (Å²) in [5, 5.41) is 0. The Kier molecular flexibility index (Phi) is 5.22. The number of benzene rings is 1. The Morgan fingerprint density at radius 1 is 1.15 bits per heavy atom. The first-order valence-corrected chi connectivity index (χ1v) is 7.31. The molecule has 20 heavy (non-hydrogen) atoms. The lowest BCUT2D eigenvalue weighted by Crippen LogP contribution is -2.19. The summed E-state index contributed by atoms with van der Waals surface area (Å²) in [6.07, 6.45) is 9.10. The number of carbonyl (C=O) groups excluding carboxylic acids is 1. The quantitative estimate of drug-likeness (QED) is 0.619. The molecule has 0 saturated heterocycles. The van der Waals surface area contributed by atoms with Crippen molar-refractivity contribution in [3.8, 4) is 0 Å². The molecule has 2 rings (SSSR count). The molecule has 0 aromatic heterocycles. The van der Waals surface area contributed by atoms with Crippen molar-refractivity contribution in [2.75, 3.05) is 19.0 Å². The van der Waals surface area contributed by atoms with Crippen LogP contribution in [0.1, 0.15) is 37.7 Å². The van der Waals surface area contributed by atoms with Gasteiger partial charge in [-0.2, -0.15) is 0 Å². The molecule has 3 nitrogen and oxygen atoms in total. The Balaban J connectivity index is 1.86. The lowest BCUT2D eigenvalue weighted by molar-refractivity contribution is -0.144. The van der Waals surface area contributed by atoms with Crippen LogP contribution in [0.4, 0.5) is 5.69 Å². The standard InChI is InChI=1S/C17H23NO2/c1-18(2)15-11-8-14(9-12-15)10-13-17(19)20-16-6-4-3-5-7-16/h8-13,16H,3-7H2,1-2H3/b13-10+. The average Bonchev–Trinajstić information content (AvgIpc) is 2.46. The van der Waals surface area contributed by atoms with Gasteiger partial charge in [0.2, 0.25) is 0 Å². The molecule has 3 heteroatoms. The van der Waals surface area contributed by atoms with Gasteiger partial charge in [-0.15, -0.1) is 0 Å². The number of hydrogen-bond acceptors (Lipinski definition) is 3. The topological polar surface area (TPSA) is 29.5 Å². The number of carbonyl (C=O) groups is 1. The van der Waals surface area contributed by atoms with Gasteiger partial charge in [-0.3, -0.25) is 0 Å². The summed E-state index contributed by atoms with van der Waals surface area (Å²) in [4.78, 5) is 13.8. The van der Waals surface area contributed by atoms with Crippen LogP contribution in [0.2, 0.25) is 0 Å². The van der Waals surface area contributed by atoms with Gasteiger partial charge in [-0.1, -0.05) is 18.6 Å². The molecule has 0 bridgehead atoms. The van der Waals surface area contributed by atoms with Crippen LogP contribution in [0.15, 0.2) is 30.3 Å². The molecule has 0 amide bonds. The fourth-order valence-electron chi connectivity index (χ4n) is 2.43. The molecule has 1 fully saturated rings. The summed E-state index contributed by atoms with van der Waals surface area (Å²) in [5.41, 5.74) is 2.16. The molecule has 0 N–H and O–H groups in total. The minimum absolute atomic E-state index is 0.122. The molecule has 0 radical (unpaired) electrons. The molecule has 0 aliphatic heterocycles. The summed E-state index contributed by atoms with van der Waals surface area (Å²) in [5.74, 6) is -0.228. The monoisotopic (exact) mass is 273 g/mol. The molecule has 1 aromatic carbocycles. The first-order valence-electron chi connectivity index (χ1n) is 7.31. The molecule has 1 aromatic rings. The van der Waals surface area contributed by atoms with Gasteiger partial charge in [-0.05, 0) is 49.5 Å². The van der Waals surface area contributed by atoms with Crippen LogP contribution >= 0.6 is 0 Å². The van der Waals surface area contributed by atoms with Gasteiger partial charge in [0.05, 0.1) is 0 Å². The average molecular weight is 273 g/mol. The van der Waals surface area contributed by atoms with Gasteiger partial charge in [0.15, 0.2) is 0 Å². The Morgan fingerprint density at radius 3 is 2.40 bits per heavy atom. The smallest absolute Gasteiger partial charge is 0.331 e. The fourth-order valence-corrected chi connectivity index (χ4v) is 2.43. The lowest BCUT2D eigenvalue weighted by Gasteiger charge is -2.20. The third kappa shape index (κ3) is 4.41. The summed E-state index contributed by atoms with van der Waals surface area (Å²) in [6, 6.07) is 8.07. The van der Waals surface area contributed by atoms with Crippen LogP contribution in [0.3, 0.4) is 0 Å². The van der Waals surface area contributed by atoms with E-state index in [1.807, 2.05) is 49.3 Å². The van der Waals surface area contributed by atoms with E-state index >= 15 is 0 Å². The first-order chi connectivity index (χ1) is 9.65. The van der Waals surface area contributed by atoms with Crippen LogP contribution in [-0.2, 0) is 9.53 Å². The number of rotatable bonds is 4. The normalized spacial score (nSPS) is 16.3. The highest BCUT2D eigenvalue weighted by Crippen LogP contribution is 2.20. The highest BCUT2D eigenvalue weighted by atomic mass is 16.5. The maximum absolute atomic E-state index is 11.7. The molecule has 0 heterocycles. The van der Waals surface area contributed by atoms with Crippen molar-refractivity contribution in [1.29, 1.82) is 0 Å². The fraction of sp³-hybridized carbons (Fsp3) is 0.471. The number of hydrogen-bond donors (Lipinski definition) is 0. The predicted molar refractivity (Wildman–Crippen MR) is 82.8 cm³/mol. The Hall–Kier alpha value is -1.77. The van der Waals surface area contributed by atoms with Crippen molar-refractivity contribution in [3.63, 3.8) is 0 Å². The number of ether oxygens (including phenoxy) is 1. The molecular weight excluding hydrogens is 250 g/mol. The van der Waals surface area contributed by atoms with Gasteiger partial charge in [0, 0.05) is 25.9 Å². The van der Waals surface area contributed by atoms with Gasteiger partial charge >= 0.3 is 5.97 Å². The van der Waals surface area contributed by atoms with E-state index in [0.717, 1.165) is 24.1 Å². The number of anilines is 1. The van der Waals surface area contributed by atoms with Crippen LogP contribution in [0.5, 0.6) is 0 Å². The second-order valence-corrected chi connectivity index (χ2v) is 5.52. The Morgan fingerprint density at radius 2 is 1.80 bits per heavy atom. The van der Waals surface area contributed by atoms with Crippen molar-refractivity contribution in [2.45, 2.75) is 38.2 Å². The summed E-state index contributed by atoms with van der Waals surface area (Å²) < 4.78 is 5.44. The number of esters is 1. The van der Waals surface area contributed by atoms with E-state index in [4.69, 9.17) is 4.74 Å². The SMILES string of the molecule is CN(C)c1ccc(/C=C/C(=O)OC2CCCCC2)cc1. The van der Waals surface area contributed by atoms with E-state index in [-0.39, 0.29) is 12.1 Å². The maximum Gasteiger partial charge on any atom is 0.331 e. The van der Waals surface area contributed by atoms with E-state index in [0.29, 0.717) is 0 Å². The predicted octanol–water partition coefficient (Wildman–Crippen LogP) is 3.64. The van der Waals surface area contributed by atoms with Crippen LogP contribution in [-0.4, -0.2) is 26.2 Å². The van der Waals surface area contributed by atoms with Crippen LogP contribution in [0.25, 0.3) is 6.08 Å². The molecule has 1 aliphatic rings. The molecule has 1 saturated carbocycles. The van der Waals surface area contributed by atoms with E-state index in [9.17, 15) is 4.79 Å². The van der Waals surface area contributed by atoms with Gasteiger partial charge in [0.1, 0.15) is 6.10 Å². The zero-order chi connectivity index (χ0) is 14.4. The van der Waals surface area contributed by atoms with Gasteiger partial charge in [0.25, 0.3) is 0 Å². The van der Waals surface area contributed by atoms with Gasteiger partial charge in [-0.25, -0.2) is 4.79 Å². The first kappa shape index (κ1) is 14.6. The van der Waals surface area contributed by atoms with Crippen molar-refractivity contribution in [1.82, 2.24) is 0 Å². The third-order valence-corrected chi connectivity index (χ3v) is 3.66. The van der Waals surface area contributed by atoms with Crippen LogP contribution < -0.4 is 4.90 Å². The summed E-state index contributed by atoms with van der Waals surface area (Å²) in [6.45, 7) is 0. The third-order valence-electron chi connectivity index (χ3n) is 3.66. The van der Waals surface area contributed by atoms with Crippen molar-refractivity contribution >= 4 is 17.7 Å². The summed E-state index contributed by atoms with van der Waals surface area (Å²) >= 11 is 0. The van der Waals surface area contributed by atoms with E-state index in [2.05, 4.69) is 0 Å². The van der Waals surface area contributed by atoms with Crippen LogP contribution in [0, 0.1) is 0 Å². The van der Waals surface area contributed by atoms with Crippen molar-refractivity contribution in [3.05, 3.63) is 35.9 Å². The molecular formula is C17H23NO2. The molecule has 0 atom stereocenters. The zero-order valence-corrected chi connectivity index (χ0v) is 12.3. The minimum atomic E-state index is -0.228. The van der Waals surface area contributed by atoms with Crippen molar-refractivity contribution in [2.24, 2.45) is 0 Å². The molecule has 0 unspecified atom stereocenters. The Labute approximate surface area is 121 Å². The second kappa shape index (κ2) is 7.13. The maximum atomic E-state index is 11.7. The Bertz CT molecular complexity index is 456. The van der Waals surface area contributed by atoms with Gasteiger partial charge < -0.3 is 9.64 Å². The largest absolute Gasteiger partial charge is 0.459 e. The molecule has 1 aliphatic carbocycles. The van der Waals surface area contributed by atoms with Crippen molar-refractivity contribution < 1.29 is 9.53 Å². The second-order valence-electron chi connectivity index (χ2n) is 5.52. The number of nitrogens with zero attached hydrogens (tertiary/aromatic N) is 1.